The first-order chi connectivity index (χ1) is 8.81. The lowest BCUT2D eigenvalue weighted by Gasteiger charge is -2.30. The maximum atomic E-state index is 3.43. The fourth-order valence-electron chi connectivity index (χ4n) is 3.72. The van der Waals surface area contributed by atoms with Gasteiger partial charge in [0, 0.05) is 11.4 Å². The molecule has 0 radical (unpaired) electrons. The standard InChI is InChI=1S/C16H23NS/c1-17-12-16(10-13-9-14(13)11-16)7-8-18-15-5-3-2-4-6-15/h2-6,13-14,17H,7-12H2,1H3. The summed E-state index contributed by atoms with van der Waals surface area (Å²) in [6, 6.07) is 10.8. The molecule has 0 aliphatic heterocycles. The van der Waals surface area contributed by atoms with Gasteiger partial charge in [0.25, 0.3) is 0 Å². The van der Waals surface area contributed by atoms with Gasteiger partial charge in [-0.25, -0.2) is 0 Å². The SMILES string of the molecule is CNCC1(CCSc2ccccc2)CC2CC2C1. The Morgan fingerprint density at radius 3 is 2.61 bits per heavy atom. The first kappa shape index (κ1) is 12.6. The summed E-state index contributed by atoms with van der Waals surface area (Å²) in [5, 5.41) is 3.43. The highest BCUT2D eigenvalue weighted by molar-refractivity contribution is 7.99. The first-order valence-corrected chi connectivity index (χ1v) is 8.12. The average Bonchev–Trinajstić information content (AvgIpc) is 2.99. The molecule has 18 heavy (non-hydrogen) atoms. The van der Waals surface area contributed by atoms with Crippen LogP contribution in [0.5, 0.6) is 0 Å². The zero-order valence-corrected chi connectivity index (χ0v) is 12.0. The van der Waals surface area contributed by atoms with Crippen LogP contribution in [-0.4, -0.2) is 19.3 Å². The van der Waals surface area contributed by atoms with Gasteiger partial charge < -0.3 is 5.32 Å². The molecule has 2 aliphatic carbocycles. The summed E-state index contributed by atoms with van der Waals surface area (Å²) in [7, 11) is 2.11. The summed E-state index contributed by atoms with van der Waals surface area (Å²) in [5.74, 6) is 3.44. The molecule has 3 rings (SSSR count). The van der Waals surface area contributed by atoms with Gasteiger partial charge in [0.15, 0.2) is 0 Å². The molecule has 0 spiro atoms. The van der Waals surface area contributed by atoms with E-state index in [1.54, 1.807) is 0 Å². The number of hydrogen-bond donors (Lipinski definition) is 1. The summed E-state index contributed by atoms with van der Waals surface area (Å²) in [6.07, 6.45) is 5.86. The van der Waals surface area contributed by atoms with Crippen LogP contribution in [-0.2, 0) is 0 Å². The smallest absolute Gasteiger partial charge is 0.00719 e. The zero-order chi connectivity index (χ0) is 12.4. The molecule has 98 valence electrons. The van der Waals surface area contributed by atoms with Crippen molar-refractivity contribution in [2.24, 2.45) is 17.3 Å². The Hall–Kier alpha value is -0.470. The Morgan fingerprint density at radius 2 is 1.94 bits per heavy atom. The molecule has 1 aromatic carbocycles. The fraction of sp³-hybridized carbons (Fsp3) is 0.625. The summed E-state index contributed by atoms with van der Waals surface area (Å²) in [5.41, 5.74) is 0.615. The second-order valence-corrected chi connectivity index (χ2v) is 7.27. The van der Waals surface area contributed by atoms with Crippen LogP contribution in [0.25, 0.3) is 0 Å². The van der Waals surface area contributed by atoms with E-state index in [4.69, 9.17) is 0 Å². The Balaban J connectivity index is 1.51. The van der Waals surface area contributed by atoms with Crippen LogP contribution in [0.1, 0.15) is 25.7 Å². The molecular weight excluding hydrogens is 238 g/mol. The van der Waals surface area contributed by atoms with Crippen molar-refractivity contribution in [2.75, 3.05) is 19.3 Å². The van der Waals surface area contributed by atoms with Gasteiger partial charge in [-0.3, -0.25) is 0 Å². The lowest BCUT2D eigenvalue weighted by molar-refractivity contribution is 0.249. The van der Waals surface area contributed by atoms with Crippen LogP contribution < -0.4 is 5.32 Å². The van der Waals surface area contributed by atoms with Crippen molar-refractivity contribution in [3.8, 4) is 0 Å². The van der Waals surface area contributed by atoms with Gasteiger partial charge in [-0.2, -0.15) is 0 Å². The Kier molecular flexibility index (Phi) is 3.67. The van der Waals surface area contributed by atoms with Gasteiger partial charge in [-0.05, 0) is 67.9 Å². The topological polar surface area (TPSA) is 12.0 Å². The van der Waals surface area contributed by atoms with Crippen molar-refractivity contribution < 1.29 is 0 Å². The van der Waals surface area contributed by atoms with Crippen molar-refractivity contribution in [3.05, 3.63) is 30.3 Å². The second-order valence-electron chi connectivity index (χ2n) is 6.11. The average molecular weight is 261 g/mol. The van der Waals surface area contributed by atoms with Crippen molar-refractivity contribution in [1.29, 1.82) is 0 Å². The lowest BCUT2D eigenvalue weighted by atomic mass is 9.80. The van der Waals surface area contributed by atoms with Crippen molar-refractivity contribution in [1.82, 2.24) is 5.32 Å². The van der Waals surface area contributed by atoms with E-state index in [-0.39, 0.29) is 0 Å². The van der Waals surface area contributed by atoms with Crippen LogP contribution in [0.2, 0.25) is 0 Å². The minimum absolute atomic E-state index is 0.615. The third-order valence-electron chi connectivity index (χ3n) is 4.66. The lowest BCUT2D eigenvalue weighted by Crippen LogP contribution is -2.32. The highest BCUT2D eigenvalue weighted by Crippen LogP contribution is 2.61. The van der Waals surface area contributed by atoms with E-state index >= 15 is 0 Å². The van der Waals surface area contributed by atoms with E-state index in [0.717, 1.165) is 11.8 Å². The van der Waals surface area contributed by atoms with E-state index in [2.05, 4.69) is 42.7 Å². The number of thioether (sulfide) groups is 1. The largest absolute Gasteiger partial charge is 0.319 e. The summed E-state index contributed by atoms with van der Waals surface area (Å²) in [4.78, 5) is 1.42. The van der Waals surface area contributed by atoms with Gasteiger partial charge in [0.05, 0.1) is 0 Å². The molecule has 0 bridgehead atoms. The molecule has 2 atom stereocenters. The van der Waals surface area contributed by atoms with E-state index < -0.39 is 0 Å². The number of fused-ring (bicyclic) bond motifs is 1. The molecule has 0 heterocycles. The number of nitrogens with one attached hydrogen (secondary N) is 1. The molecule has 2 unspecified atom stereocenters. The summed E-state index contributed by atoms with van der Waals surface area (Å²) >= 11 is 2.02. The molecule has 1 aromatic rings. The quantitative estimate of drug-likeness (QED) is 0.782. The Bertz CT molecular complexity index is 379. The van der Waals surface area contributed by atoms with Crippen LogP contribution in [0.3, 0.4) is 0 Å². The van der Waals surface area contributed by atoms with E-state index in [1.165, 1.54) is 42.9 Å². The van der Waals surface area contributed by atoms with E-state index in [0.29, 0.717) is 5.41 Å². The summed E-state index contributed by atoms with van der Waals surface area (Å²) in [6.45, 7) is 1.22. The van der Waals surface area contributed by atoms with Crippen LogP contribution in [0.15, 0.2) is 35.2 Å². The van der Waals surface area contributed by atoms with Crippen LogP contribution in [0, 0.1) is 17.3 Å². The number of hydrogen-bond acceptors (Lipinski definition) is 2. The molecular formula is C16H23NS. The highest BCUT2D eigenvalue weighted by atomic mass is 32.2. The maximum absolute atomic E-state index is 3.43. The minimum Gasteiger partial charge on any atom is -0.319 e. The molecule has 2 saturated carbocycles. The highest BCUT2D eigenvalue weighted by Gasteiger charge is 2.52. The predicted molar refractivity (Wildman–Crippen MR) is 79.0 cm³/mol. The fourth-order valence-corrected chi connectivity index (χ4v) is 4.84. The number of rotatable bonds is 6. The second kappa shape index (κ2) is 5.26. The third kappa shape index (κ3) is 2.75. The minimum atomic E-state index is 0.615. The van der Waals surface area contributed by atoms with E-state index in [9.17, 15) is 0 Å². The molecule has 1 nitrogen and oxygen atoms in total. The van der Waals surface area contributed by atoms with Crippen molar-refractivity contribution >= 4 is 11.8 Å². The monoisotopic (exact) mass is 261 g/mol. The number of benzene rings is 1. The van der Waals surface area contributed by atoms with Gasteiger partial charge in [-0.15, -0.1) is 11.8 Å². The van der Waals surface area contributed by atoms with Crippen molar-refractivity contribution in [3.63, 3.8) is 0 Å². The molecule has 0 aromatic heterocycles. The van der Waals surface area contributed by atoms with E-state index in [1.807, 2.05) is 11.8 Å². The summed E-state index contributed by atoms with van der Waals surface area (Å²) < 4.78 is 0. The maximum Gasteiger partial charge on any atom is 0.00719 e. The Labute approximate surface area is 115 Å². The van der Waals surface area contributed by atoms with Crippen LogP contribution in [0.4, 0.5) is 0 Å². The van der Waals surface area contributed by atoms with Gasteiger partial charge >= 0.3 is 0 Å². The molecule has 2 fully saturated rings. The first-order valence-electron chi connectivity index (χ1n) is 7.14. The zero-order valence-electron chi connectivity index (χ0n) is 11.2. The van der Waals surface area contributed by atoms with Gasteiger partial charge in [-0.1, -0.05) is 18.2 Å². The normalized spacial score (nSPS) is 33.4. The molecule has 2 aliphatic rings. The van der Waals surface area contributed by atoms with Gasteiger partial charge in [0.1, 0.15) is 0 Å². The van der Waals surface area contributed by atoms with Crippen molar-refractivity contribution in [2.45, 2.75) is 30.6 Å². The van der Waals surface area contributed by atoms with Crippen LogP contribution >= 0.6 is 11.8 Å². The van der Waals surface area contributed by atoms with Gasteiger partial charge in [0.2, 0.25) is 0 Å². The molecule has 1 N–H and O–H groups in total. The molecule has 0 saturated heterocycles. The Morgan fingerprint density at radius 1 is 1.22 bits per heavy atom. The molecule has 2 heteroatoms. The predicted octanol–water partition coefficient (Wildman–Crippen LogP) is 3.80. The molecule has 0 amide bonds. The third-order valence-corrected chi connectivity index (χ3v) is 5.67.